The molecule has 0 aromatic rings. The molecule has 8 heavy (non-hydrogen) atoms. The van der Waals surface area contributed by atoms with E-state index in [-0.39, 0.29) is 0 Å². The zero-order chi connectivity index (χ0) is 6.99. The SMILES string of the molecule is CO[CH2][Ca+2].O=C([O-])[O-]. The molecule has 0 aliphatic rings. The maximum atomic E-state index is 8.33. The van der Waals surface area contributed by atoms with Gasteiger partial charge in [-0.1, -0.05) is 0 Å². The first kappa shape index (κ1) is 11.3. The number of carbonyl (C=O) groups excluding carboxylic acids is 1. The van der Waals surface area contributed by atoms with E-state index in [1.807, 2.05) is 0 Å². The molecule has 0 aliphatic carbocycles. The van der Waals surface area contributed by atoms with Crippen LogP contribution in [0.15, 0.2) is 0 Å². The second kappa shape index (κ2) is 10.5. The first-order chi connectivity index (χ1) is 3.65. The molecule has 0 unspecified atom stereocenters. The second-order valence-corrected chi connectivity index (χ2v) is 1.38. The van der Waals surface area contributed by atoms with Gasteiger partial charge in [0.15, 0.2) is 0 Å². The van der Waals surface area contributed by atoms with Crippen LogP contribution in [0.2, 0.25) is 0 Å². The summed E-state index contributed by atoms with van der Waals surface area (Å²) in [6.45, 7) is 0. The summed E-state index contributed by atoms with van der Waals surface area (Å²) < 4.78 is 5.54. The minimum absolute atomic E-state index is 0.944. The topological polar surface area (TPSA) is 72.4 Å². The summed E-state index contributed by atoms with van der Waals surface area (Å²) in [6.07, 6.45) is -2.33. The Hall–Kier alpha value is 0.490. The number of rotatable bonds is 1. The average Bonchev–Trinajstić information content (AvgIpc) is 1.65. The predicted octanol–water partition coefficient (Wildman–Crippen LogP) is -2.69. The fourth-order valence-electron chi connectivity index (χ4n) is 0. The molecule has 0 saturated carbocycles. The van der Waals surface area contributed by atoms with Crippen LogP contribution in [0.3, 0.4) is 0 Å². The van der Waals surface area contributed by atoms with Crippen molar-refractivity contribution in [2.24, 2.45) is 0 Å². The van der Waals surface area contributed by atoms with Crippen molar-refractivity contribution < 1.29 is 19.7 Å². The first-order valence-corrected chi connectivity index (χ1v) is 3.37. The molecule has 0 heterocycles. The van der Waals surface area contributed by atoms with Gasteiger partial charge in [-0.2, -0.15) is 0 Å². The van der Waals surface area contributed by atoms with E-state index in [9.17, 15) is 0 Å². The fourth-order valence-corrected chi connectivity index (χ4v) is 0. The Morgan fingerprint density at radius 2 is 1.88 bits per heavy atom. The third kappa shape index (κ3) is 88.1. The molecule has 0 aliphatic heterocycles. The smallest absolute Gasteiger partial charge is 0.0431 e. The van der Waals surface area contributed by atoms with Gasteiger partial charge in [-0.05, 0) is 6.16 Å². The van der Waals surface area contributed by atoms with Crippen molar-refractivity contribution in [3.8, 4) is 0 Å². The van der Waals surface area contributed by atoms with Gasteiger partial charge in [-0.3, -0.25) is 0 Å². The van der Waals surface area contributed by atoms with Crippen LogP contribution in [-0.4, -0.2) is 51.8 Å². The van der Waals surface area contributed by atoms with Crippen molar-refractivity contribution in [2.45, 2.75) is 0 Å². The van der Waals surface area contributed by atoms with Crippen LogP contribution in [-0.2, 0) is 4.74 Å². The third-order valence-electron chi connectivity index (χ3n) is 0.204. The second-order valence-electron chi connectivity index (χ2n) is 0.743. The van der Waals surface area contributed by atoms with Crippen molar-refractivity contribution >= 4 is 41.9 Å². The summed E-state index contributed by atoms with van der Waals surface area (Å²) in [5.74, 6) is 0. The van der Waals surface area contributed by atoms with E-state index in [2.05, 4.69) is 4.74 Å². The summed E-state index contributed by atoms with van der Waals surface area (Å²) in [7, 11) is 1.71. The molecule has 0 N–H and O–H groups in total. The van der Waals surface area contributed by atoms with Crippen molar-refractivity contribution in [2.75, 3.05) is 9.81 Å². The number of hydrogen-bond acceptors (Lipinski definition) is 4. The van der Waals surface area contributed by atoms with E-state index < -0.39 is 6.16 Å². The Morgan fingerprint density at radius 1 is 1.75 bits per heavy atom. The van der Waals surface area contributed by atoms with Crippen LogP contribution in [0.1, 0.15) is 0 Å². The molecule has 4 nitrogen and oxygen atoms in total. The van der Waals surface area contributed by atoms with Gasteiger partial charge in [0.2, 0.25) is 0 Å². The summed E-state index contributed by atoms with van der Waals surface area (Å²) >= 11 is 1.25. The van der Waals surface area contributed by atoms with Crippen LogP contribution in [0, 0.1) is 0 Å². The van der Waals surface area contributed by atoms with Crippen LogP contribution < -0.4 is 10.2 Å². The van der Waals surface area contributed by atoms with Gasteiger partial charge in [0.1, 0.15) is 0 Å². The van der Waals surface area contributed by atoms with E-state index in [1.165, 1.54) is 35.8 Å². The Bertz CT molecular complexity index is 49.2. The number of ether oxygens (including phenoxy) is 1. The summed E-state index contributed by atoms with van der Waals surface area (Å²) in [6, 6.07) is 0. The van der Waals surface area contributed by atoms with Crippen LogP contribution >= 0.6 is 0 Å². The molecule has 0 saturated heterocycles. The zero-order valence-electron chi connectivity index (χ0n) is 4.55. The average molecular weight is 145 g/mol. The number of hydrogen-bond donors (Lipinski definition) is 0. The molecular formula is C3H5CaO4. The number of methoxy groups -OCH3 is 1. The standard InChI is InChI=1S/C2H5O.CH2O3.Ca/c1-3-2;2-1(3)4;/h1H2,2H3;(H2,2,3,4);/q;;+2/p-2. The Morgan fingerprint density at radius 3 is 1.88 bits per heavy atom. The van der Waals surface area contributed by atoms with Gasteiger partial charge >= 0.3 is 50.3 Å². The number of carboxylic acid groups (broad SMARTS) is 2. The Labute approximate surface area is 71.1 Å². The Kier molecular flexibility index (Phi) is 14.8. The summed E-state index contributed by atoms with van der Waals surface area (Å²) in [5, 5.41) is 16.7. The van der Waals surface area contributed by atoms with Gasteiger partial charge < -0.3 is 15.0 Å². The maximum Gasteiger partial charge on any atom is -0.0431 e. The number of carbonyl (C=O) groups is 1. The van der Waals surface area contributed by atoms with E-state index in [4.69, 9.17) is 15.0 Å². The normalized spacial score (nSPS) is 6.75. The third-order valence-corrected chi connectivity index (χ3v) is 0.842. The van der Waals surface area contributed by atoms with Crippen LogP contribution in [0.25, 0.3) is 0 Å². The summed E-state index contributed by atoms with van der Waals surface area (Å²) in [4.78, 5) is 8.33. The molecule has 0 amide bonds. The van der Waals surface area contributed by atoms with E-state index in [0.717, 1.165) is 2.70 Å². The molecule has 5 heteroatoms. The summed E-state index contributed by atoms with van der Waals surface area (Å²) in [5.41, 5.74) is 0. The van der Waals surface area contributed by atoms with E-state index in [0.29, 0.717) is 0 Å². The van der Waals surface area contributed by atoms with Gasteiger partial charge in [-0.25, -0.2) is 0 Å². The van der Waals surface area contributed by atoms with Gasteiger partial charge in [0.05, 0.1) is 0 Å². The molecule has 0 aromatic carbocycles. The Balaban J connectivity index is 0. The molecule has 43 valence electrons. The van der Waals surface area contributed by atoms with Crippen LogP contribution in [0.5, 0.6) is 0 Å². The van der Waals surface area contributed by atoms with Crippen molar-refractivity contribution in [3.63, 3.8) is 0 Å². The molecule has 0 fully saturated rings. The predicted molar refractivity (Wildman–Crippen MR) is 23.0 cm³/mol. The fraction of sp³-hybridized carbons (Fsp3) is 0.667. The van der Waals surface area contributed by atoms with Gasteiger partial charge in [0, 0.05) is 0 Å². The first-order valence-electron chi connectivity index (χ1n) is 1.81. The molecule has 0 bridgehead atoms. The van der Waals surface area contributed by atoms with Crippen LogP contribution in [0.4, 0.5) is 4.79 Å². The van der Waals surface area contributed by atoms with E-state index in [1.54, 1.807) is 7.11 Å². The van der Waals surface area contributed by atoms with E-state index >= 15 is 0 Å². The van der Waals surface area contributed by atoms with Gasteiger partial charge in [0.25, 0.3) is 0 Å². The monoisotopic (exact) mass is 145 g/mol. The maximum absolute atomic E-state index is 8.33. The molecular weight excluding hydrogens is 140 g/mol. The largest absolute Gasteiger partial charge is 0.652 e. The minimum atomic E-state index is -2.33. The quantitative estimate of drug-likeness (QED) is 0.377. The molecule has 0 aromatic heterocycles. The van der Waals surface area contributed by atoms with Crippen molar-refractivity contribution in [1.82, 2.24) is 0 Å². The molecule has 0 rings (SSSR count). The molecule has 0 spiro atoms. The zero-order valence-corrected chi connectivity index (χ0v) is 6.76. The molecule has 7 radical (unpaired) electrons. The molecule has 0 atom stereocenters. The van der Waals surface area contributed by atoms with Crippen molar-refractivity contribution in [1.29, 1.82) is 0 Å². The van der Waals surface area contributed by atoms with Gasteiger partial charge in [-0.15, -0.1) is 0 Å². The minimum Gasteiger partial charge on any atom is -0.652 e. The van der Waals surface area contributed by atoms with Crippen molar-refractivity contribution in [3.05, 3.63) is 0 Å².